The zero-order valence-corrected chi connectivity index (χ0v) is 15.4. The van der Waals surface area contributed by atoms with Crippen LogP contribution < -0.4 is 4.90 Å². The van der Waals surface area contributed by atoms with Gasteiger partial charge in [-0.1, -0.05) is 6.07 Å². The number of nitrogens with zero attached hydrogens (tertiary/aromatic N) is 5. The quantitative estimate of drug-likeness (QED) is 0.663. The molecule has 5 rings (SSSR count). The maximum Gasteiger partial charge on any atom is 0.433 e. The van der Waals surface area contributed by atoms with Crippen molar-refractivity contribution in [1.82, 2.24) is 19.3 Å². The van der Waals surface area contributed by atoms with E-state index in [-0.39, 0.29) is 23.7 Å². The maximum absolute atomic E-state index is 12.9. The molecule has 2 fully saturated rings. The van der Waals surface area contributed by atoms with Gasteiger partial charge in [0.25, 0.3) is 5.91 Å². The fourth-order valence-corrected chi connectivity index (χ4v) is 4.34. The number of carbonyl (C=O) groups excluding carboxylic acids is 1. The maximum atomic E-state index is 12.9. The molecular formula is C20H18F3N5O. The van der Waals surface area contributed by atoms with Gasteiger partial charge in [-0.2, -0.15) is 13.2 Å². The zero-order valence-electron chi connectivity index (χ0n) is 15.4. The topological polar surface area (TPSA) is 53.7 Å². The Morgan fingerprint density at radius 2 is 1.83 bits per heavy atom. The summed E-state index contributed by atoms with van der Waals surface area (Å²) >= 11 is 0. The van der Waals surface area contributed by atoms with Crippen LogP contribution in [0.5, 0.6) is 0 Å². The number of amides is 1. The summed E-state index contributed by atoms with van der Waals surface area (Å²) in [5, 5.41) is 0. The van der Waals surface area contributed by atoms with Gasteiger partial charge < -0.3 is 14.2 Å². The molecule has 9 heteroatoms. The Bertz CT molecular complexity index is 1030. The molecule has 0 aromatic carbocycles. The van der Waals surface area contributed by atoms with Gasteiger partial charge in [0.1, 0.15) is 5.69 Å². The van der Waals surface area contributed by atoms with Crippen LogP contribution in [-0.4, -0.2) is 51.4 Å². The van der Waals surface area contributed by atoms with Crippen molar-refractivity contribution in [2.75, 3.05) is 31.1 Å². The minimum atomic E-state index is -4.49. The van der Waals surface area contributed by atoms with Crippen molar-refractivity contribution >= 4 is 17.4 Å². The molecule has 0 N–H and O–H groups in total. The number of rotatable bonds is 2. The smallest absolute Gasteiger partial charge is 0.340 e. The highest BCUT2D eigenvalue weighted by Crippen LogP contribution is 2.35. The van der Waals surface area contributed by atoms with Crippen molar-refractivity contribution in [3.8, 4) is 0 Å². The number of carbonyl (C=O) groups is 1. The van der Waals surface area contributed by atoms with Gasteiger partial charge in [0, 0.05) is 62.1 Å². The molecule has 2 aliphatic rings. The second kappa shape index (κ2) is 6.47. The SMILES string of the molecule is O=C(c1cc2ccccn2c1)N1CC2CN(c3nccc(C(F)(F)F)n3)CC2C1. The van der Waals surface area contributed by atoms with Crippen molar-refractivity contribution in [3.05, 3.63) is 60.2 Å². The molecule has 6 nitrogen and oxygen atoms in total. The molecule has 1 amide bonds. The largest absolute Gasteiger partial charge is 0.433 e. The molecule has 0 saturated carbocycles. The molecule has 0 bridgehead atoms. The fraction of sp³-hybridized carbons (Fsp3) is 0.350. The summed E-state index contributed by atoms with van der Waals surface area (Å²) in [7, 11) is 0. The number of anilines is 1. The number of likely N-dealkylation sites (tertiary alicyclic amines) is 1. The first-order valence-corrected chi connectivity index (χ1v) is 9.40. The number of alkyl halides is 3. The molecule has 150 valence electrons. The lowest BCUT2D eigenvalue weighted by Crippen LogP contribution is -2.33. The van der Waals surface area contributed by atoms with Crippen LogP contribution in [0, 0.1) is 11.8 Å². The predicted octanol–water partition coefficient (Wildman–Crippen LogP) is 2.96. The van der Waals surface area contributed by atoms with E-state index in [1.54, 1.807) is 4.90 Å². The van der Waals surface area contributed by atoms with Crippen LogP contribution in [0.2, 0.25) is 0 Å². The van der Waals surface area contributed by atoms with E-state index in [2.05, 4.69) is 9.97 Å². The summed E-state index contributed by atoms with van der Waals surface area (Å²) in [6, 6.07) is 8.53. The average molecular weight is 401 g/mol. The van der Waals surface area contributed by atoms with Crippen molar-refractivity contribution in [2.45, 2.75) is 6.18 Å². The van der Waals surface area contributed by atoms with Crippen LogP contribution in [0.1, 0.15) is 16.1 Å². The standard InChI is InChI=1S/C20H18F3N5O/c21-20(22,23)17-4-5-24-19(25-17)28-11-14-9-27(10-15(14)12-28)18(29)13-7-16-3-1-2-6-26(16)8-13/h1-8,14-15H,9-12H2. The van der Waals surface area contributed by atoms with Gasteiger partial charge in [0.15, 0.2) is 0 Å². The van der Waals surface area contributed by atoms with Crippen LogP contribution in [0.3, 0.4) is 0 Å². The summed E-state index contributed by atoms with van der Waals surface area (Å²) in [5.74, 6) is 0.499. The first-order valence-electron chi connectivity index (χ1n) is 9.40. The Labute approximate surface area is 164 Å². The lowest BCUT2D eigenvalue weighted by atomic mass is 10.0. The van der Waals surface area contributed by atoms with Crippen LogP contribution >= 0.6 is 0 Å². The first-order chi connectivity index (χ1) is 13.9. The van der Waals surface area contributed by atoms with E-state index >= 15 is 0 Å². The molecule has 0 radical (unpaired) electrons. The van der Waals surface area contributed by atoms with Gasteiger partial charge in [-0.25, -0.2) is 9.97 Å². The normalized spacial score (nSPS) is 21.8. The molecule has 2 unspecified atom stereocenters. The van der Waals surface area contributed by atoms with Crippen molar-refractivity contribution in [2.24, 2.45) is 11.8 Å². The second-order valence-electron chi connectivity index (χ2n) is 7.64. The average Bonchev–Trinajstić information content (AvgIpc) is 3.39. The Morgan fingerprint density at radius 3 is 2.52 bits per heavy atom. The highest BCUT2D eigenvalue weighted by molar-refractivity contribution is 5.95. The minimum absolute atomic E-state index is 0.00929. The first kappa shape index (κ1) is 18.0. The van der Waals surface area contributed by atoms with Crippen LogP contribution in [0.4, 0.5) is 19.1 Å². The van der Waals surface area contributed by atoms with Gasteiger partial charge in [-0.3, -0.25) is 4.79 Å². The fourth-order valence-electron chi connectivity index (χ4n) is 4.34. The highest BCUT2D eigenvalue weighted by Gasteiger charge is 2.43. The molecule has 5 heterocycles. The molecule has 0 spiro atoms. The summed E-state index contributed by atoms with van der Waals surface area (Å²) in [6.45, 7) is 2.28. The summed E-state index contributed by atoms with van der Waals surface area (Å²) < 4.78 is 40.6. The van der Waals surface area contributed by atoms with Gasteiger partial charge in [-0.05, 0) is 24.3 Å². The van der Waals surface area contributed by atoms with Gasteiger partial charge in [-0.15, -0.1) is 0 Å². The van der Waals surface area contributed by atoms with Crippen LogP contribution in [-0.2, 0) is 6.18 Å². The predicted molar refractivity (Wildman–Crippen MR) is 99.5 cm³/mol. The molecular weight excluding hydrogens is 383 g/mol. The third kappa shape index (κ3) is 3.20. The third-order valence-electron chi connectivity index (χ3n) is 5.74. The Kier molecular flexibility index (Phi) is 4.01. The zero-order chi connectivity index (χ0) is 20.2. The summed E-state index contributed by atoms with van der Waals surface area (Å²) in [5.41, 5.74) is 0.675. The highest BCUT2D eigenvalue weighted by atomic mass is 19.4. The number of halogens is 3. The van der Waals surface area contributed by atoms with Crippen LogP contribution in [0.25, 0.3) is 5.52 Å². The van der Waals surface area contributed by atoms with E-state index in [1.807, 2.05) is 46.0 Å². The van der Waals surface area contributed by atoms with E-state index in [0.29, 0.717) is 31.7 Å². The molecule has 2 aliphatic heterocycles. The van der Waals surface area contributed by atoms with E-state index in [0.717, 1.165) is 17.8 Å². The number of aromatic nitrogens is 3. The summed E-state index contributed by atoms with van der Waals surface area (Å²) in [6.07, 6.45) is 0.386. The number of pyridine rings is 1. The number of fused-ring (bicyclic) bond motifs is 2. The Hall–Kier alpha value is -3.10. The molecule has 0 aliphatic carbocycles. The summed E-state index contributed by atoms with van der Waals surface area (Å²) in [4.78, 5) is 24.2. The minimum Gasteiger partial charge on any atom is -0.340 e. The Morgan fingerprint density at radius 1 is 1.07 bits per heavy atom. The van der Waals surface area contributed by atoms with Gasteiger partial charge in [0.2, 0.25) is 5.95 Å². The number of hydrogen-bond donors (Lipinski definition) is 0. The van der Waals surface area contributed by atoms with Crippen molar-refractivity contribution < 1.29 is 18.0 Å². The van der Waals surface area contributed by atoms with E-state index in [4.69, 9.17) is 0 Å². The van der Waals surface area contributed by atoms with Gasteiger partial charge >= 0.3 is 6.18 Å². The molecule has 3 aromatic rings. The monoisotopic (exact) mass is 401 g/mol. The van der Waals surface area contributed by atoms with Crippen molar-refractivity contribution in [3.63, 3.8) is 0 Å². The van der Waals surface area contributed by atoms with E-state index in [9.17, 15) is 18.0 Å². The molecule has 2 atom stereocenters. The Balaban J connectivity index is 1.28. The lowest BCUT2D eigenvalue weighted by molar-refractivity contribution is -0.141. The van der Waals surface area contributed by atoms with Crippen LogP contribution in [0.15, 0.2) is 48.9 Å². The van der Waals surface area contributed by atoms with Gasteiger partial charge in [0.05, 0.1) is 5.56 Å². The molecule has 2 saturated heterocycles. The molecule has 3 aromatic heterocycles. The lowest BCUT2D eigenvalue weighted by Gasteiger charge is -2.22. The third-order valence-corrected chi connectivity index (χ3v) is 5.74. The number of hydrogen-bond acceptors (Lipinski definition) is 4. The van der Waals surface area contributed by atoms with E-state index < -0.39 is 11.9 Å². The molecule has 29 heavy (non-hydrogen) atoms. The second-order valence-corrected chi connectivity index (χ2v) is 7.64. The van der Waals surface area contributed by atoms with Crippen molar-refractivity contribution in [1.29, 1.82) is 0 Å². The van der Waals surface area contributed by atoms with E-state index in [1.165, 1.54) is 0 Å².